The highest BCUT2D eigenvalue weighted by atomic mass is 79.9. The topological polar surface area (TPSA) is 46.9 Å². The second kappa shape index (κ2) is 7.91. The third-order valence-electron chi connectivity index (χ3n) is 5.94. The van der Waals surface area contributed by atoms with Crippen molar-refractivity contribution < 1.29 is 0 Å². The Morgan fingerprint density at radius 1 is 0.828 bits per heavy atom. The van der Waals surface area contributed by atoms with Gasteiger partial charge in [0.1, 0.15) is 0 Å². The van der Waals surface area contributed by atoms with Crippen molar-refractivity contribution in [3.63, 3.8) is 0 Å². The van der Waals surface area contributed by atoms with Gasteiger partial charge in [-0.1, -0.05) is 44.0 Å². The molecular formula is C23H24Br2N4. The van der Waals surface area contributed by atoms with Gasteiger partial charge in [-0.15, -0.1) is 0 Å². The molecule has 4 heterocycles. The molecule has 0 saturated heterocycles. The minimum absolute atomic E-state index is 0.974. The molecule has 3 N–H and O–H groups in total. The van der Waals surface area contributed by atoms with Gasteiger partial charge >= 0.3 is 0 Å². The van der Waals surface area contributed by atoms with Crippen LogP contribution in [0, 0.1) is 0 Å². The molecule has 0 fully saturated rings. The van der Waals surface area contributed by atoms with Gasteiger partial charge in [-0.2, -0.15) is 0 Å². The fourth-order valence-corrected chi connectivity index (χ4v) is 5.22. The van der Waals surface area contributed by atoms with Crippen LogP contribution in [0.1, 0.15) is 22.5 Å². The van der Waals surface area contributed by atoms with Crippen molar-refractivity contribution in [2.24, 2.45) is 0 Å². The molecule has 2 aliphatic heterocycles. The van der Waals surface area contributed by atoms with Gasteiger partial charge in [-0.05, 0) is 61.8 Å². The Kier molecular flexibility index (Phi) is 5.28. The third-order valence-corrected chi connectivity index (χ3v) is 6.92. The van der Waals surface area contributed by atoms with Gasteiger partial charge < -0.3 is 20.2 Å². The van der Waals surface area contributed by atoms with E-state index in [0.29, 0.717) is 0 Å². The van der Waals surface area contributed by atoms with Crippen LogP contribution in [0.4, 0.5) is 0 Å². The van der Waals surface area contributed by atoms with E-state index in [2.05, 4.69) is 95.5 Å². The van der Waals surface area contributed by atoms with Gasteiger partial charge in [-0.3, -0.25) is 0 Å². The van der Waals surface area contributed by atoms with Crippen LogP contribution >= 0.6 is 31.9 Å². The highest BCUT2D eigenvalue weighted by Crippen LogP contribution is 2.29. The fourth-order valence-electron chi connectivity index (χ4n) is 4.50. The third kappa shape index (κ3) is 3.79. The molecule has 2 aliphatic rings. The molecule has 6 rings (SSSR count). The largest absolute Gasteiger partial charge is 0.357 e. The molecule has 0 radical (unpaired) electrons. The lowest BCUT2D eigenvalue weighted by Crippen LogP contribution is -2.26. The first-order valence-corrected chi connectivity index (χ1v) is 11.6. The van der Waals surface area contributed by atoms with E-state index in [0.717, 1.165) is 48.0 Å². The number of rotatable bonds is 0. The van der Waals surface area contributed by atoms with Crippen LogP contribution in [0.5, 0.6) is 0 Å². The van der Waals surface area contributed by atoms with E-state index in [4.69, 9.17) is 0 Å². The van der Waals surface area contributed by atoms with Crippen LogP contribution in [-0.2, 0) is 25.9 Å². The summed E-state index contributed by atoms with van der Waals surface area (Å²) in [4.78, 5) is 9.33. The van der Waals surface area contributed by atoms with Crippen molar-refractivity contribution in [1.82, 2.24) is 20.2 Å². The van der Waals surface area contributed by atoms with Gasteiger partial charge in [0, 0.05) is 61.8 Å². The molecule has 0 unspecified atom stereocenters. The molecule has 0 spiro atoms. The molecule has 0 bridgehead atoms. The average molecular weight is 516 g/mol. The summed E-state index contributed by atoms with van der Waals surface area (Å²) >= 11 is 7.00. The molecule has 6 heteroatoms. The van der Waals surface area contributed by atoms with Gasteiger partial charge in [0.15, 0.2) is 0 Å². The maximum atomic E-state index is 3.52. The van der Waals surface area contributed by atoms with Crippen molar-refractivity contribution in [2.75, 3.05) is 20.1 Å². The number of nitrogens with one attached hydrogen (secondary N) is 3. The number of H-pyrrole nitrogens is 2. The zero-order valence-electron chi connectivity index (χ0n) is 16.4. The number of halogens is 2. The molecule has 2 aromatic heterocycles. The van der Waals surface area contributed by atoms with Crippen molar-refractivity contribution in [1.29, 1.82) is 0 Å². The van der Waals surface area contributed by atoms with Crippen molar-refractivity contribution >= 4 is 53.7 Å². The first-order valence-electron chi connectivity index (χ1n) is 10.1. The fraction of sp³-hybridized carbons (Fsp3) is 0.304. The van der Waals surface area contributed by atoms with Crippen molar-refractivity contribution in [3.05, 3.63) is 67.9 Å². The molecule has 4 nitrogen and oxygen atoms in total. The molecular weight excluding hydrogens is 492 g/mol. The minimum Gasteiger partial charge on any atom is -0.357 e. The number of aromatic amines is 2. The van der Waals surface area contributed by atoms with E-state index in [1.54, 1.807) is 0 Å². The number of nitrogens with zero attached hydrogens (tertiary/aromatic N) is 1. The summed E-state index contributed by atoms with van der Waals surface area (Å²) in [5.74, 6) is 0. The summed E-state index contributed by atoms with van der Waals surface area (Å²) in [6.45, 7) is 4.27. The first kappa shape index (κ1) is 19.4. The summed E-state index contributed by atoms with van der Waals surface area (Å²) in [5.41, 5.74) is 8.24. The maximum Gasteiger partial charge on any atom is 0.0470 e. The van der Waals surface area contributed by atoms with Crippen LogP contribution < -0.4 is 5.32 Å². The van der Waals surface area contributed by atoms with Crippen LogP contribution in [0.2, 0.25) is 0 Å². The molecule has 4 aromatic rings. The molecule has 29 heavy (non-hydrogen) atoms. The summed E-state index contributed by atoms with van der Waals surface area (Å²) in [6, 6.07) is 12.9. The molecule has 150 valence electrons. The maximum absolute atomic E-state index is 3.52. The van der Waals surface area contributed by atoms with Crippen LogP contribution in [-0.4, -0.2) is 35.0 Å². The SMILES string of the molecule is Brc1ccc2c3c([nH]c2c1)CNCC3.CN1CCc2c([nH]c3cc(Br)ccc23)C1. The van der Waals surface area contributed by atoms with Crippen molar-refractivity contribution in [2.45, 2.75) is 25.9 Å². The zero-order chi connectivity index (χ0) is 20.0. The van der Waals surface area contributed by atoms with E-state index in [9.17, 15) is 0 Å². The Hall–Kier alpha value is -1.60. The quantitative estimate of drug-likeness (QED) is 0.290. The Morgan fingerprint density at radius 2 is 1.45 bits per heavy atom. The van der Waals surface area contributed by atoms with Crippen molar-refractivity contribution in [3.8, 4) is 0 Å². The van der Waals surface area contributed by atoms with E-state index < -0.39 is 0 Å². The number of likely N-dealkylation sites (N-methyl/N-ethyl adjacent to an activating group) is 1. The van der Waals surface area contributed by atoms with Crippen LogP contribution in [0.3, 0.4) is 0 Å². The normalized spacial score (nSPS) is 16.4. The average Bonchev–Trinajstić information content (AvgIpc) is 3.24. The van der Waals surface area contributed by atoms with Gasteiger partial charge in [-0.25, -0.2) is 0 Å². The van der Waals surface area contributed by atoms with E-state index in [1.807, 2.05) is 0 Å². The minimum atomic E-state index is 0.974. The Bertz CT molecular complexity index is 1190. The first-order chi connectivity index (χ1) is 14.1. The monoisotopic (exact) mass is 514 g/mol. The summed E-state index contributed by atoms with van der Waals surface area (Å²) in [5, 5.41) is 6.14. The Morgan fingerprint density at radius 3 is 2.14 bits per heavy atom. The number of hydrogen-bond donors (Lipinski definition) is 3. The highest BCUT2D eigenvalue weighted by molar-refractivity contribution is 9.10. The Balaban J connectivity index is 0.000000125. The number of aromatic nitrogens is 2. The van der Waals surface area contributed by atoms with E-state index in [-0.39, 0.29) is 0 Å². The molecule has 0 aliphatic carbocycles. The second-order valence-corrected chi connectivity index (χ2v) is 9.79. The summed E-state index contributed by atoms with van der Waals surface area (Å²) in [6.07, 6.45) is 2.30. The lowest BCUT2D eigenvalue weighted by Gasteiger charge is -2.22. The summed E-state index contributed by atoms with van der Waals surface area (Å²) < 4.78 is 2.28. The van der Waals surface area contributed by atoms with E-state index >= 15 is 0 Å². The van der Waals surface area contributed by atoms with Crippen LogP contribution in [0.15, 0.2) is 45.3 Å². The summed E-state index contributed by atoms with van der Waals surface area (Å²) in [7, 11) is 2.17. The zero-order valence-corrected chi connectivity index (χ0v) is 19.6. The standard InChI is InChI=1S/C12H13BrN2.C11H11BrN2/c1-15-5-4-10-9-3-2-8(13)6-11(9)14-12(10)7-15;12-7-1-2-8-9-3-4-13-6-11(9)14-10(8)5-7/h2-3,6,14H,4-5,7H2,1H3;1-2,5,13-14H,3-4,6H2. The molecule has 0 atom stereocenters. The Labute approximate surface area is 187 Å². The lowest BCUT2D eigenvalue weighted by molar-refractivity contribution is 0.310. The van der Waals surface area contributed by atoms with Gasteiger partial charge in [0.2, 0.25) is 0 Å². The highest BCUT2D eigenvalue weighted by Gasteiger charge is 2.18. The predicted molar refractivity (Wildman–Crippen MR) is 127 cm³/mol. The number of benzene rings is 2. The molecule has 0 saturated carbocycles. The predicted octanol–water partition coefficient (Wildman–Crippen LogP) is 5.49. The molecule has 0 amide bonds. The van der Waals surface area contributed by atoms with Gasteiger partial charge in [0.25, 0.3) is 0 Å². The van der Waals surface area contributed by atoms with Crippen LogP contribution in [0.25, 0.3) is 21.8 Å². The number of fused-ring (bicyclic) bond motifs is 6. The number of hydrogen-bond acceptors (Lipinski definition) is 2. The smallest absolute Gasteiger partial charge is 0.0470 e. The van der Waals surface area contributed by atoms with Gasteiger partial charge in [0.05, 0.1) is 0 Å². The van der Waals surface area contributed by atoms with E-state index in [1.165, 1.54) is 44.3 Å². The molecule has 2 aromatic carbocycles. The lowest BCUT2D eigenvalue weighted by atomic mass is 10.0. The second-order valence-electron chi connectivity index (χ2n) is 7.96.